The first-order chi connectivity index (χ1) is 20.6. The molecule has 6 rings (SSSR count). The van der Waals surface area contributed by atoms with E-state index in [1.807, 2.05) is 49.4 Å². The maximum atomic E-state index is 13.1. The number of benzene rings is 2. The highest BCUT2D eigenvalue weighted by Crippen LogP contribution is 2.30. The Morgan fingerprint density at radius 1 is 1.02 bits per heavy atom. The van der Waals surface area contributed by atoms with Gasteiger partial charge in [-0.25, -0.2) is 20.0 Å². The van der Waals surface area contributed by atoms with E-state index < -0.39 is 0 Å². The van der Waals surface area contributed by atoms with Crippen molar-refractivity contribution in [1.82, 2.24) is 25.2 Å². The highest BCUT2D eigenvalue weighted by atomic mass is 16.8. The molecule has 4 heterocycles. The van der Waals surface area contributed by atoms with Crippen LogP contribution in [0.25, 0.3) is 5.69 Å². The number of hydrogen-bond acceptors (Lipinski definition) is 7. The lowest BCUT2D eigenvalue weighted by molar-refractivity contribution is -0.169. The van der Waals surface area contributed by atoms with Crippen LogP contribution in [0.3, 0.4) is 0 Å². The lowest BCUT2D eigenvalue weighted by Gasteiger charge is -2.40. The standard InChI is InChI=1S/C33H41N7O3/c1-22-8-10-26(11-9-22)40-30(20-29(37-40)33(2,3)4)36-32(42)35-25-7-5-6-24(19-25)18-23-12-15-38(16-13-23)27-14-17-39-28(31(27)41)21-34-43-39/h5-11,19-21,23,27,34H,12-18H2,1-4H3,(H2,35,36,42). The quantitative estimate of drug-likeness (QED) is 0.361. The van der Waals surface area contributed by atoms with Crippen LogP contribution in [0.1, 0.15) is 56.9 Å². The summed E-state index contributed by atoms with van der Waals surface area (Å²) in [7, 11) is 0. The molecule has 0 bridgehead atoms. The summed E-state index contributed by atoms with van der Waals surface area (Å²) in [6.45, 7) is 10.9. The smallest absolute Gasteiger partial charge is 0.308 e. The molecule has 10 nitrogen and oxygen atoms in total. The van der Waals surface area contributed by atoms with Crippen molar-refractivity contribution >= 4 is 23.3 Å². The second-order valence-electron chi connectivity index (χ2n) is 12.9. The number of carbonyl (C=O) groups excluding carboxylic acids is 2. The molecular formula is C33H41N7O3. The number of likely N-dealkylation sites (tertiary alicyclic amines) is 1. The van der Waals surface area contributed by atoms with Crippen molar-refractivity contribution in [3.8, 4) is 5.69 Å². The van der Waals surface area contributed by atoms with Gasteiger partial charge in [-0.3, -0.25) is 15.0 Å². The average Bonchev–Trinajstić information content (AvgIpc) is 3.63. The zero-order chi connectivity index (χ0) is 30.1. The number of carbonyl (C=O) groups is 2. The van der Waals surface area contributed by atoms with Crippen LogP contribution in [0.15, 0.2) is 66.5 Å². The molecule has 10 heteroatoms. The number of fused-ring (bicyclic) bond motifs is 1. The van der Waals surface area contributed by atoms with Crippen LogP contribution in [0.5, 0.6) is 0 Å². The lowest BCUT2D eigenvalue weighted by Crippen LogP contribution is -2.51. The molecule has 2 aromatic carbocycles. The highest BCUT2D eigenvalue weighted by molar-refractivity contribution is 6.00. The minimum atomic E-state index is -0.312. The fourth-order valence-corrected chi connectivity index (χ4v) is 6.09. The zero-order valence-electron chi connectivity index (χ0n) is 25.4. The van der Waals surface area contributed by atoms with Crippen molar-refractivity contribution in [2.24, 2.45) is 5.92 Å². The average molecular weight is 584 g/mol. The number of piperidine rings is 2. The van der Waals surface area contributed by atoms with E-state index in [2.05, 4.69) is 53.9 Å². The van der Waals surface area contributed by atoms with E-state index in [9.17, 15) is 9.59 Å². The Morgan fingerprint density at radius 3 is 2.53 bits per heavy atom. The summed E-state index contributed by atoms with van der Waals surface area (Å²) in [5.74, 6) is 1.29. The van der Waals surface area contributed by atoms with Crippen LogP contribution in [0.4, 0.5) is 16.3 Å². The molecule has 3 N–H and O–H groups in total. The van der Waals surface area contributed by atoms with Crippen LogP contribution in [-0.2, 0) is 21.6 Å². The number of hydrogen-bond donors (Lipinski definition) is 3. The van der Waals surface area contributed by atoms with Crippen molar-refractivity contribution < 1.29 is 14.5 Å². The van der Waals surface area contributed by atoms with E-state index >= 15 is 0 Å². The highest BCUT2D eigenvalue weighted by Gasteiger charge is 2.39. The van der Waals surface area contributed by atoms with Crippen LogP contribution in [0.2, 0.25) is 0 Å². The van der Waals surface area contributed by atoms with Crippen LogP contribution in [-0.4, -0.2) is 57.2 Å². The Kier molecular flexibility index (Phi) is 7.98. The Balaban J connectivity index is 1.06. The van der Waals surface area contributed by atoms with Crippen molar-refractivity contribution in [3.05, 3.63) is 83.3 Å². The Morgan fingerprint density at radius 2 is 1.79 bits per heavy atom. The van der Waals surface area contributed by atoms with Gasteiger partial charge in [0.1, 0.15) is 11.5 Å². The SMILES string of the molecule is Cc1ccc(-n2nc(C(C)(C)C)cc2NC(=O)Nc2cccc(CC3CCN(C4CCN5ONC=C5C4=O)CC3)c2)cc1. The predicted octanol–water partition coefficient (Wildman–Crippen LogP) is 5.31. The molecule has 0 spiro atoms. The summed E-state index contributed by atoms with van der Waals surface area (Å²) in [5.41, 5.74) is 8.04. The van der Waals surface area contributed by atoms with Crippen LogP contribution < -0.4 is 16.1 Å². The molecule has 3 aromatic rings. The van der Waals surface area contributed by atoms with Gasteiger partial charge in [0.25, 0.3) is 0 Å². The van der Waals surface area contributed by atoms with Gasteiger partial charge < -0.3 is 5.32 Å². The second-order valence-corrected chi connectivity index (χ2v) is 12.9. The summed E-state index contributed by atoms with van der Waals surface area (Å²) in [6, 6.07) is 17.7. The molecule has 1 aromatic heterocycles. The summed E-state index contributed by atoms with van der Waals surface area (Å²) < 4.78 is 1.79. The normalized spacial score (nSPS) is 19.5. The zero-order valence-corrected chi connectivity index (χ0v) is 25.4. The number of aromatic nitrogens is 2. The minimum Gasteiger partial charge on any atom is -0.308 e. The third-order valence-corrected chi connectivity index (χ3v) is 8.59. The number of Topliss-reactive ketones (excluding diaryl/α,β-unsaturated/α-hetero) is 1. The molecule has 1 unspecified atom stereocenters. The van der Waals surface area contributed by atoms with Crippen LogP contribution in [0, 0.1) is 12.8 Å². The minimum absolute atomic E-state index is 0.0696. The number of nitrogens with zero attached hydrogens (tertiary/aromatic N) is 4. The van der Waals surface area contributed by atoms with Gasteiger partial charge in [0.05, 0.1) is 30.2 Å². The summed E-state index contributed by atoms with van der Waals surface area (Å²) in [6.07, 6.45) is 5.46. The summed E-state index contributed by atoms with van der Waals surface area (Å²) in [4.78, 5) is 33.7. The Hall–Kier alpha value is -4.15. The third-order valence-electron chi connectivity index (χ3n) is 8.59. The summed E-state index contributed by atoms with van der Waals surface area (Å²) in [5, 5.41) is 12.5. The molecule has 0 saturated carbocycles. The summed E-state index contributed by atoms with van der Waals surface area (Å²) >= 11 is 0. The van der Waals surface area contributed by atoms with E-state index in [0.717, 1.165) is 61.4 Å². The molecule has 226 valence electrons. The molecule has 3 aliphatic rings. The largest absolute Gasteiger partial charge is 0.324 e. The third kappa shape index (κ3) is 6.45. The molecule has 43 heavy (non-hydrogen) atoms. The van der Waals surface area contributed by atoms with Gasteiger partial charge in [0.2, 0.25) is 0 Å². The van der Waals surface area contributed by atoms with Crippen molar-refractivity contribution in [2.45, 2.75) is 64.8 Å². The number of amides is 2. The van der Waals surface area contributed by atoms with Crippen molar-refractivity contribution in [3.63, 3.8) is 0 Å². The number of rotatable bonds is 6. The first-order valence-electron chi connectivity index (χ1n) is 15.2. The number of nitrogens with one attached hydrogen (secondary N) is 3. The first kappa shape index (κ1) is 28.9. The van der Waals surface area contributed by atoms with E-state index in [1.165, 1.54) is 5.56 Å². The van der Waals surface area contributed by atoms with E-state index in [0.29, 0.717) is 24.0 Å². The second kappa shape index (κ2) is 11.9. The maximum absolute atomic E-state index is 13.1. The number of aryl methyl sites for hydroxylation is 1. The fraction of sp³-hybridized carbons (Fsp3) is 0.424. The fourth-order valence-electron chi connectivity index (χ4n) is 6.09. The molecule has 2 amide bonds. The predicted molar refractivity (Wildman–Crippen MR) is 167 cm³/mol. The maximum Gasteiger partial charge on any atom is 0.324 e. The number of anilines is 2. The number of hydroxylamine groups is 3. The molecule has 1 atom stereocenters. The van der Waals surface area contributed by atoms with Crippen molar-refractivity contribution in [1.29, 1.82) is 0 Å². The van der Waals surface area contributed by atoms with Gasteiger partial charge in [0.15, 0.2) is 5.78 Å². The van der Waals surface area contributed by atoms with Gasteiger partial charge in [-0.1, -0.05) is 50.6 Å². The topological polar surface area (TPSA) is 104 Å². The Labute approximate surface area is 253 Å². The number of urea groups is 1. The van der Waals surface area contributed by atoms with Crippen LogP contribution >= 0.6 is 0 Å². The number of ketones is 1. The van der Waals surface area contributed by atoms with Crippen molar-refractivity contribution in [2.75, 3.05) is 30.3 Å². The van der Waals surface area contributed by atoms with E-state index in [1.54, 1.807) is 15.9 Å². The van der Waals surface area contributed by atoms with Gasteiger partial charge >= 0.3 is 6.03 Å². The molecular weight excluding hydrogens is 542 g/mol. The van der Waals surface area contributed by atoms with Gasteiger partial charge in [-0.05, 0) is 81.4 Å². The molecule has 3 aliphatic heterocycles. The first-order valence-corrected chi connectivity index (χ1v) is 15.2. The Bertz CT molecular complexity index is 1510. The van der Waals surface area contributed by atoms with Gasteiger partial charge in [-0.2, -0.15) is 10.0 Å². The monoisotopic (exact) mass is 583 g/mol. The van der Waals surface area contributed by atoms with Gasteiger partial charge in [0, 0.05) is 17.2 Å². The molecule has 2 saturated heterocycles. The van der Waals surface area contributed by atoms with E-state index in [-0.39, 0.29) is 23.3 Å². The molecule has 2 fully saturated rings. The van der Waals surface area contributed by atoms with E-state index in [4.69, 9.17) is 10.0 Å². The molecule has 0 radical (unpaired) electrons. The van der Waals surface area contributed by atoms with Gasteiger partial charge in [-0.15, -0.1) is 0 Å². The molecule has 0 aliphatic carbocycles. The lowest BCUT2D eigenvalue weighted by atomic mass is 9.88.